The van der Waals surface area contributed by atoms with Crippen LogP contribution in [0.1, 0.15) is 49.3 Å². The summed E-state index contributed by atoms with van der Waals surface area (Å²) >= 11 is 0. The van der Waals surface area contributed by atoms with Crippen molar-refractivity contribution in [3.63, 3.8) is 0 Å². The van der Waals surface area contributed by atoms with E-state index < -0.39 is 0 Å². The number of benzene rings is 1. The van der Waals surface area contributed by atoms with Crippen molar-refractivity contribution in [3.8, 4) is 17.2 Å². The standard InChI is InChI=1S/C21H28N4O3/c1-4-5-6-7-15-8-9-16-13(10-14-12-24-21(23)25-20(14)22)11-17(26-2)19(27-3)18(16)28-15/h8-9,11-12,15H,4-7,10H2,1-3H3,(H4,22,23,24,25). The first kappa shape index (κ1) is 19.8. The average Bonchev–Trinajstić information content (AvgIpc) is 2.69. The highest BCUT2D eigenvalue weighted by Crippen LogP contribution is 2.46. The van der Waals surface area contributed by atoms with E-state index in [1.807, 2.05) is 6.07 Å². The molecule has 1 aromatic carbocycles. The Morgan fingerprint density at radius 2 is 1.96 bits per heavy atom. The molecular weight excluding hydrogens is 356 g/mol. The summed E-state index contributed by atoms with van der Waals surface area (Å²) in [5.74, 6) is 2.46. The Kier molecular flexibility index (Phi) is 6.23. The number of nitrogens with zero attached hydrogens (tertiary/aromatic N) is 2. The van der Waals surface area contributed by atoms with Crippen molar-refractivity contribution in [1.29, 1.82) is 0 Å². The number of methoxy groups -OCH3 is 2. The lowest BCUT2D eigenvalue weighted by atomic mass is 9.96. The zero-order valence-corrected chi connectivity index (χ0v) is 16.7. The molecule has 3 rings (SSSR count). The number of hydrogen-bond acceptors (Lipinski definition) is 7. The van der Waals surface area contributed by atoms with Gasteiger partial charge in [-0.15, -0.1) is 0 Å². The maximum Gasteiger partial charge on any atom is 0.221 e. The second-order valence-electron chi connectivity index (χ2n) is 6.84. The van der Waals surface area contributed by atoms with Crippen LogP contribution in [0.25, 0.3) is 6.08 Å². The lowest BCUT2D eigenvalue weighted by Gasteiger charge is -2.26. The molecular formula is C21H28N4O3. The molecule has 0 saturated heterocycles. The second-order valence-corrected chi connectivity index (χ2v) is 6.84. The van der Waals surface area contributed by atoms with Crippen LogP contribution in [0.5, 0.6) is 17.2 Å². The number of hydrogen-bond donors (Lipinski definition) is 2. The van der Waals surface area contributed by atoms with Gasteiger partial charge < -0.3 is 25.7 Å². The van der Waals surface area contributed by atoms with E-state index >= 15 is 0 Å². The minimum atomic E-state index is 0.0258. The molecule has 0 amide bonds. The van der Waals surface area contributed by atoms with Gasteiger partial charge in [-0.3, -0.25) is 0 Å². The van der Waals surface area contributed by atoms with Crippen LogP contribution in [-0.4, -0.2) is 30.3 Å². The molecule has 4 N–H and O–H groups in total. The lowest BCUT2D eigenvalue weighted by molar-refractivity contribution is 0.216. The van der Waals surface area contributed by atoms with Crippen LogP contribution >= 0.6 is 0 Å². The third kappa shape index (κ3) is 4.13. The van der Waals surface area contributed by atoms with Crippen LogP contribution in [-0.2, 0) is 6.42 Å². The number of nitrogen functional groups attached to an aromatic ring is 2. The third-order valence-corrected chi connectivity index (χ3v) is 4.89. The maximum absolute atomic E-state index is 6.30. The summed E-state index contributed by atoms with van der Waals surface area (Å²) < 4.78 is 17.5. The van der Waals surface area contributed by atoms with Gasteiger partial charge in [0.25, 0.3) is 0 Å². The molecule has 2 aromatic rings. The number of unbranched alkanes of at least 4 members (excludes halogenated alkanes) is 2. The maximum atomic E-state index is 6.30. The molecule has 1 atom stereocenters. The van der Waals surface area contributed by atoms with Gasteiger partial charge in [0.1, 0.15) is 11.9 Å². The van der Waals surface area contributed by atoms with E-state index in [0.717, 1.165) is 29.5 Å². The Morgan fingerprint density at radius 3 is 2.64 bits per heavy atom. The lowest BCUT2D eigenvalue weighted by Crippen LogP contribution is -2.18. The normalized spacial score (nSPS) is 15.0. The first-order chi connectivity index (χ1) is 13.6. The fourth-order valence-corrected chi connectivity index (χ4v) is 3.39. The van der Waals surface area contributed by atoms with Gasteiger partial charge in [0, 0.05) is 23.7 Å². The topological polar surface area (TPSA) is 106 Å². The second kappa shape index (κ2) is 8.82. The van der Waals surface area contributed by atoms with E-state index in [2.05, 4.69) is 29.0 Å². The minimum Gasteiger partial charge on any atom is -0.493 e. The molecule has 0 saturated carbocycles. The summed E-state index contributed by atoms with van der Waals surface area (Å²) in [6, 6.07) is 1.94. The summed E-state index contributed by atoms with van der Waals surface area (Å²) in [4.78, 5) is 8.11. The molecule has 28 heavy (non-hydrogen) atoms. The number of fused-ring (bicyclic) bond motifs is 1. The van der Waals surface area contributed by atoms with Crippen molar-refractivity contribution >= 4 is 17.8 Å². The van der Waals surface area contributed by atoms with E-state index in [0.29, 0.717) is 29.5 Å². The summed E-state index contributed by atoms with van der Waals surface area (Å²) in [7, 11) is 3.24. The molecule has 0 bridgehead atoms. The van der Waals surface area contributed by atoms with E-state index in [9.17, 15) is 0 Å². The first-order valence-corrected chi connectivity index (χ1v) is 9.56. The van der Waals surface area contributed by atoms with Crippen LogP contribution in [0.15, 0.2) is 18.3 Å². The van der Waals surface area contributed by atoms with E-state index in [4.69, 9.17) is 25.7 Å². The average molecular weight is 384 g/mol. The predicted molar refractivity (Wildman–Crippen MR) is 111 cm³/mol. The summed E-state index contributed by atoms with van der Waals surface area (Å²) in [5.41, 5.74) is 14.4. The van der Waals surface area contributed by atoms with Crippen LogP contribution in [0.3, 0.4) is 0 Å². The van der Waals surface area contributed by atoms with Gasteiger partial charge in [0.15, 0.2) is 11.5 Å². The Balaban J connectivity index is 1.98. The summed E-state index contributed by atoms with van der Waals surface area (Å²) in [6.07, 6.45) is 10.9. The highest BCUT2D eigenvalue weighted by atomic mass is 16.5. The van der Waals surface area contributed by atoms with Crippen LogP contribution in [0, 0.1) is 0 Å². The molecule has 1 unspecified atom stereocenters. The fraction of sp³-hybridized carbons (Fsp3) is 0.429. The van der Waals surface area contributed by atoms with Gasteiger partial charge in [0.05, 0.1) is 14.2 Å². The molecule has 0 fully saturated rings. The molecule has 7 nitrogen and oxygen atoms in total. The van der Waals surface area contributed by atoms with E-state index in [-0.39, 0.29) is 12.1 Å². The monoisotopic (exact) mass is 384 g/mol. The molecule has 0 radical (unpaired) electrons. The summed E-state index contributed by atoms with van der Waals surface area (Å²) in [6.45, 7) is 2.19. The van der Waals surface area contributed by atoms with Crippen LogP contribution in [0.2, 0.25) is 0 Å². The van der Waals surface area contributed by atoms with Crippen LogP contribution < -0.4 is 25.7 Å². The van der Waals surface area contributed by atoms with Crippen LogP contribution in [0.4, 0.5) is 11.8 Å². The van der Waals surface area contributed by atoms with Crippen molar-refractivity contribution in [1.82, 2.24) is 9.97 Å². The van der Waals surface area contributed by atoms with Gasteiger partial charge in [-0.05, 0) is 30.5 Å². The van der Waals surface area contributed by atoms with Gasteiger partial charge in [-0.2, -0.15) is 4.98 Å². The van der Waals surface area contributed by atoms with Crippen molar-refractivity contribution in [2.45, 2.75) is 45.1 Å². The van der Waals surface area contributed by atoms with Gasteiger partial charge in [-0.25, -0.2) is 4.98 Å². The zero-order valence-electron chi connectivity index (χ0n) is 16.7. The quantitative estimate of drug-likeness (QED) is 0.670. The molecule has 1 aliphatic heterocycles. The Labute approximate surface area is 165 Å². The molecule has 1 aliphatic rings. The van der Waals surface area contributed by atoms with E-state index in [1.54, 1.807) is 20.4 Å². The van der Waals surface area contributed by atoms with Gasteiger partial charge in [0.2, 0.25) is 11.7 Å². The SMILES string of the molecule is CCCCCC1C=Cc2c(Cc3cnc(N)nc3N)cc(OC)c(OC)c2O1. The number of rotatable bonds is 8. The molecule has 0 aliphatic carbocycles. The first-order valence-electron chi connectivity index (χ1n) is 9.56. The van der Waals surface area contributed by atoms with Crippen molar-refractivity contribution in [2.24, 2.45) is 0 Å². The Morgan fingerprint density at radius 1 is 1.14 bits per heavy atom. The van der Waals surface area contributed by atoms with Crippen molar-refractivity contribution in [3.05, 3.63) is 35.0 Å². The molecule has 2 heterocycles. The molecule has 0 spiro atoms. The summed E-state index contributed by atoms with van der Waals surface area (Å²) in [5, 5.41) is 0. The fourth-order valence-electron chi connectivity index (χ4n) is 3.39. The number of nitrogens with two attached hydrogens (primary N) is 2. The van der Waals surface area contributed by atoms with Crippen molar-refractivity contribution in [2.75, 3.05) is 25.7 Å². The largest absolute Gasteiger partial charge is 0.493 e. The number of ether oxygens (including phenoxy) is 3. The molecule has 150 valence electrons. The molecule has 7 heteroatoms. The predicted octanol–water partition coefficient (Wildman–Crippen LogP) is 3.60. The molecule has 1 aromatic heterocycles. The Bertz CT molecular complexity index is 867. The van der Waals surface area contributed by atoms with Crippen molar-refractivity contribution < 1.29 is 14.2 Å². The Hall–Kier alpha value is -2.96. The van der Waals surface area contributed by atoms with Gasteiger partial charge >= 0.3 is 0 Å². The third-order valence-electron chi connectivity index (χ3n) is 4.89. The highest BCUT2D eigenvalue weighted by molar-refractivity contribution is 5.72. The number of aromatic nitrogens is 2. The van der Waals surface area contributed by atoms with Gasteiger partial charge in [-0.1, -0.05) is 25.8 Å². The minimum absolute atomic E-state index is 0.0258. The zero-order chi connectivity index (χ0) is 20.1. The van der Waals surface area contributed by atoms with E-state index in [1.165, 1.54) is 12.8 Å². The number of anilines is 2. The smallest absolute Gasteiger partial charge is 0.221 e. The highest BCUT2D eigenvalue weighted by Gasteiger charge is 2.25.